The van der Waals surface area contributed by atoms with Crippen molar-refractivity contribution in [1.29, 1.82) is 0 Å². The highest BCUT2D eigenvalue weighted by molar-refractivity contribution is 7.90. The lowest BCUT2D eigenvalue weighted by Gasteiger charge is -2.11. The molecule has 3 aromatic rings. The molecule has 0 N–H and O–H groups in total. The van der Waals surface area contributed by atoms with E-state index in [4.69, 9.17) is 9.47 Å². The van der Waals surface area contributed by atoms with Crippen molar-refractivity contribution in [2.45, 2.75) is 4.90 Å². The number of carbonyl (C=O) groups is 1. The third-order valence-corrected chi connectivity index (χ3v) is 5.05. The minimum atomic E-state index is -3.27. The minimum Gasteiger partial charge on any atom is -0.465 e. The summed E-state index contributed by atoms with van der Waals surface area (Å²) in [6, 6.07) is 20.7. The van der Waals surface area contributed by atoms with E-state index < -0.39 is 15.8 Å². The number of carbonyl (C=O) groups excluding carboxylic acids is 1. The van der Waals surface area contributed by atoms with Crippen molar-refractivity contribution >= 4 is 15.8 Å². The Balaban J connectivity index is 2.03. The molecule has 0 amide bonds. The van der Waals surface area contributed by atoms with Crippen LogP contribution in [0.1, 0.15) is 10.4 Å². The molecule has 0 fully saturated rings. The molecule has 0 aliphatic heterocycles. The molecule has 0 atom stereocenters. The Morgan fingerprint density at radius 1 is 0.815 bits per heavy atom. The van der Waals surface area contributed by atoms with Gasteiger partial charge in [-0.3, -0.25) is 0 Å². The maximum atomic E-state index is 12.0. The second-order valence-corrected chi connectivity index (χ2v) is 7.97. The van der Waals surface area contributed by atoms with Crippen LogP contribution in [-0.2, 0) is 14.6 Å². The van der Waals surface area contributed by atoms with Crippen LogP contribution in [0.25, 0.3) is 11.1 Å². The fraction of sp³-hybridized carbons (Fsp3) is 0.0952. The molecule has 0 radical (unpaired) electrons. The van der Waals surface area contributed by atoms with Gasteiger partial charge in [0.25, 0.3) is 0 Å². The fourth-order valence-electron chi connectivity index (χ4n) is 2.58. The third-order valence-electron chi connectivity index (χ3n) is 3.92. The van der Waals surface area contributed by atoms with Gasteiger partial charge in [-0.2, -0.15) is 0 Å². The number of ether oxygens (including phenoxy) is 2. The lowest BCUT2D eigenvalue weighted by molar-refractivity contribution is 0.0600. The normalized spacial score (nSPS) is 11.0. The summed E-state index contributed by atoms with van der Waals surface area (Å²) in [5.41, 5.74) is 1.81. The second-order valence-electron chi connectivity index (χ2n) is 5.95. The molecule has 0 aliphatic carbocycles. The maximum absolute atomic E-state index is 12.0. The summed E-state index contributed by atoms with van der Waals surface area (Å²) in [4.78, 5) is 12.3. The summed E-state index contributed by atoms with van der Waals surface area (Å²) >= 11 is 0. The summed E-state index contributed by atoms with van der Waals surface area (Å²) < 4.78 is 34.0. The number of para-hydroxylation sites is 1. The van der Waals surface area contributed by atoms with Crippen LogP contribution >= 0.6 is 0 Å². The van der Waals surface area contributed by atoms with Gasteiger partial charge in [-0.05, 0) is 53.6 Å². The van der Waals surface area contributed by atoms with Gasteiger partial charge < -0.3 is 9.47 Å². The summed E-state index contributed by atoms with van der Waals surface area (Å²) in [5, 5.41) is 0. The van der Waals surface area contributed by atoms with Crippen molar-refractivity contribution in [3.05, 3.63) is 78.4 Å². The Morgan fingerprint density at radius 3 is 2.07 bits per heavy atom. The van der Waals surface area contributed by atoms with Gasteiger partial charge in [0.05, 0.1) is 17.6 Å². The molecule has 0 heterocycles. The van der Waals surface area contributed by atoms with Crippen molar-refractivity contribution in [2.24, 2.45) is 0 Å². The Bertz CT molecular complexity index is 1060. The number of hydrogen-bond acceptors (Lipinski definition) is 5. The minimum absolute atomic E-state index is 0.233. The van der Waals surface area contributed by atoms with Crippen molar-refractivity contribution < 1.29 is 22.7 Å². The van der Waals surface area contributed by atoms with E-state index in [0.29, 0.717) is 22.6 Å². The SMILES string of the molecule is COC(=O)c1cc(Oc2ccccc2)cc(-c2ccc(S(C)(=O)=O)cc2)c1. The smallest absolute Gasteiger partial charge is 0.338 e. The highest BCUT2D eigenvalue weighted by atomic mass is 32.2. The molecule has 3 aromatic carbocycles. The first-order valence-corrected chi connectivity index (χ1v) is 10.0. The molecule has 6 heteroatoms. The van der Waals surface area contributed by atoms with Crippen LogP contribution < -0.4 is 4.74 Å². The first-order valence-electron chi connectivity index (χ1n) is 8.13. The average Bonchev–Trinajstić information content (AvgIpc) is 2.67. The van der Waals surface area contributed by atoms with E-state index in [1.807, 2.05) is 30.3 Å². The molecular weight excluding hydrogens is 364 g/mol. The van der Waals surface area contributed by atoms with Gasteiger partial charge in [0.2, 0.25) is 0 Å². The van der Waals surface area contributed by atoms with Gasteiger partial charge in [0, 0.05) is 6.26 Å². The molecule has 0 aliphatic rings. The molecule has 0 bridgehead atoms. The zero-order chi connectivity index (χ0) is 19.4. The van der Waals surface area contributed by atoms with Crippen molar-refractivity contribution in [2.75, 3.05) is 13.4 Å². The zero-order valence-electron chi connectivity index (χ0n) is 14.9. The summed E-state index contributed by atoms with van der Waals surface area (Å²) in [7, 11) is -1.96. The summed E-state index contributed by atoms with van der Waals surface area (Å²) in [6.45, 7) is 0. The number of hydrogen-bond donors (Lipinski definition) is 0. The molecule has 0 spiro atoms. The molecule has 27 heavy (non-hydrogen) atoms. The van der Waals surface area contributed by atoms with Gasteiger partial charge in [-0.25, -0.2) is 13.2 Å². The van der Waals surface area contributed by atoms with Gasteiger partial charge in [-0.1, -0.05) is 30.3 Å². The Morgan fingerprint density at radius 2 is 1.48 bits per heavy atom. The topological polar surface area (TPSA) is 69.7 Å². The third kappa shape index (κ3) is 4.54. The Labute approximate surface area is 158 Å². The van der Waals surface area contributed by atoms with Crippen LogP contribution in [-0.4, -0.2) is 27.8 Å². The monoisotopic (exact) mass is 382 g/mol. The highest BCUT2D eigenvalue weighted by Crippen LogP contribution is 2.30. The van der Waals surface area contributed by atoms with E-state index in [1.165, 1.54) is 19.2 Å². The van der Waals surface area contributed by atoms with Crippen LogP contribution in [0, 0.1) is 0 Å². The quantitative estimate of drug-likeness (QED) is 0.614. The molecule has 0 aromatic heterocycles. The van der Waals surface area contributed by atoms with Crippen LogP contribution in [0.3, 0.4) is 0 Å². The van der Waals surface area contributed by atoms with E-state index in [9.17, 15) is 13.2 Å². The predicted molar refractivity (Wildman–Crippen MR) is 103 cm³/mol. The Hall–Kier alpha value is -3.12. The van der Waals surface area contributed by atoms with Gasteiger partial charge in [-0.15, -0.1) is 0 Å². The number of esters is 1. The van der Waals surface area contributed by atoms with E-state index in [2.05, 4.69) is 0 Å². The lowest BCUT2D eigenvalue weighted by atomic mass is 10.0. The molecule has 3 rings (SSSR count). The van der Waals surface area contributed by atoms with E-state index >= 15 is 0 Å². The first-order chi connectivity index (χ1) is 12.9. The van der Waals surface area contributed by atoms with Gasteiger partial charge >= 0.3 is 5.97 Å². The summed E-state index contributed by atoms with van der Waals surface area (Å²) in [6.07, 6.45) is 1.16. The first kappa shape index (κ1) is 18.7. The molecule has 138 valence electrons. The zero-order valence-corrected chi connectivity index (χ0v) is 15.7. The lowest BCUT2D eigenvalue weighted by Crippen LogP contribution is -2.02. The average molecular weight is 382 g/mol. The van der Waals surface area contributed by atoms with E-state index in [-0.39, 0.29) is 4.90 Å². The van der Waals surface area contributed by atoms with Gasteiger partial charge in [0.15, 0.2) is 9.84 Å². The molecule has 0 saturated carbocycles. The summed E-state index contributed by atoms with van der Waals surface area (Å²) in [5.74, 6) is 0.631. The predicted octanol–water partition coefficient (Wildman–Crippen LogP) is 4.34. The van der Waals surface area contributed by atoms with Crippen LogP contribution in [0.15, 0.2) is 77.7 Å². The molecular formula is C21H18O5S. The molecule has 0 unspecified atom stereocenters. The largest absolute Gasteiger partial charge is 0.465 e. The second kappa shape index (κ2) is 7.63. The number of benzene rings is 3. The Kier molecular flexibility index (Phi) is 5.28. The van der Waals surface area contributed by atoms with Crippen LogP contribution in [0.4, 0.5) is 0 Å². The van der Waals surface area contributed by atoms with Crippen molar-refractivity contribution in [3.8, 4) is 22.6 Å². The number of sulfone groups is 1. The molecule has 0 saturated heterocycles. The molecule has 5 nitrogen and oxygen atoms in total. The highest BCUT2D eigenvalue weighted by Gasteiger charge is 2.13. The fourth-order valence-corrected chi connectivity index (χ4v) is 3.21. The number of methoxy groups -OCH3 is 1. The van der Waals surface area contributed by atoms with Crippen LogP contribution in [0.5, 0.6) is 11.5 Å². The van der Waals surface area contributed by atoms with Gasteiger partial charge in [0.1, 0.15) is 11.5 Å². The maximum Gasteiger partial charge on any atom is 0.338 e. The van der Waals surface area contributed by atoms with E-state index in [1.54, 1.807) is 30.3 Å². The van der Waals surface area contributed by atoms with Crippen molar-refractivity contribution in [3.63, 3.8) is 0 Å². The van der Waals surface area contributed by atoms with Crippen molar-refractivity contribution in [1.82, 2.24) is 0 Å². The van der Waals surface area contributed by atoms with Crippen LogP contribution in [0.2, 0.25) is 0 Å². The number of rotatable bonds is 5. The van der Waals surface area contributed by atoms with E-state index in [0.717, 1.165) is 11.8 Å². The standard InChI is InChI=1S/C21H18O5S/c1-25-21(22)17-12-16(15-8-10-20(11-9-15)27(2,23)24)13-19(14-17)26-18-6-4-3-5-7-18/h3-14H,1-2H3.